The van der Waals surface area contributed by atoms with E-state index >= 15 is 0 Å². The number of ether oxygens (including phenoxy) is 4. The molecular weight excluding hydrogens is 418 g/mol. The standard InChI is InChI=1S/C26H29N3O4/c1-2-19(26-23(3-1)31-17-32-26)14-18-4-6-21(7-5-18)33-24-16-20(29-10-12-30-13-11-29)15-22-25(24)28-9-8-27-22/h1-3,8-9,15-16,18,21H,4-7,10-14,17H2. The second kappa shape index (κ2) is 9.06. The average molecular weight is 448 g/mol. The van der Waals surface area contributed by atoms with Crippen LogP contribution in [0.5, 0.6) is 17.2 Å². The quantitative estimate of drug-likeness (QED) is 0.575. The Morgan fingerprint density at radius 1 is 0.970 bits per heavy atom. The minimum atomic E-state index is 0.201. The summed E-state index contributed by atoms with van der Waals surface area (Å²) in [5.41, 5.74) is 4.11. The van der Waals surface area contributed by atoms with E-state index < -0.39 is 0 Å². The van der Waals surface area contributed by atoms with Crippen LogP contribution in [0.3, 0.4) is 0 Å². The molecule has 0 bridgehead atoms. The highest BCUT2D eigenvalue weighted by atomic mass is 16.7. The van der Waals surface area contributed by atoms with Gasteiger partial charge >= 0.3 is 0 Å². The third kappa shape index (κ3) is 4.29. The predicted octanol–water partition coefficient (Wildman–Crippen LogP) is 4.38. The first-order chi connectivity index (χ1) is 16.3. The highest BCUT2D eigenvalue weighted by Crippen LogP contribution is 2.39. The van der Waals surface area contributed by atoms with Gasteiger partial charge in [0.2, 0.25) is 6.79 Å². The molecule has 1 aliphatic carbocycles. The Morgan fingerprint density at radius 2 is 1.82 bits per heavy atom. The van der Waals surface area contributed by atoms with Crippen molar-refractivity contribution in [1.82, 2.24) is 9.97 Å². The van der Waals surface area contributed by atoms with E-state index in [-0.39, 0.29) is 6.10 Å². The Balaban J connectivity index is 1.15. The molecule has 2 fully saturated rings. The van der Waals surface area contributed by atoms with Crippen LogP contribution >= 0.6 is 0 Å². The van der Waals surface area contributed by atoms with E-state index in [1.54, 1.807) is 12.4 Å². The summed E-state index contributed by atoms with van der Waals surface area (Å²) < 4.78 is 23.3. The van der Waals surface area contributed by atoms with Gasteiger partial charge in [-0.05, 0) is 55.7 Å². The number of anilines is 1. The first-order valence-corrected chi connectivity index (χ1v) is 11.9. The van der Waals surface area contributed by atoms with Crippen molar-refractivity contribution in [2.45, 2.75) is 38.2 Å². The molecule has 0 amide bonds. The van der Waals surface area contributed by atoms with Gasteiger partial charge in [-0.1, -0.05) is 12.1 Å². The zero-order valence-electron chi connectivity index (χ0n) is 18.7. The zero-order chi connectivity index (χ0) is 22.0. The number of nitrogens with zero attached hydrogens (tertiary/aromatic N) is 3. The lowest BCUT2D eigenvalue weighted by Crippen LogP contribution is -2.36. The highest BCUT2D eigenvalue weighted by molar-refractivity contribution is 5.85. The summed E-state index contributed by atoms with van der Waals surface area (Å²) in [7, 11) is 0. The van der Waals surface area contributed by atoms with E-state index in [0.29, 0.717) is 12.7 Å². The Bertz CT molecular complexity index is 1120. The molecule has 0 atom stereocenters. The second-order valence-corrected chi connectivity index (χ2v) is 9.08. The molecule has 172 valence electrons. The summed E-state index contributed by atoms with van der Waals surface area (Å²) in [5, 5.41) is 0. The molecule has 33 heavy (non-hydrogen) atoms. The van der Waals surface area contributed by atoms with Gasteiger partial charge in [-0.15, -0.1) is 0 Å². The highest BCUT2D eigenvalue weighted by Gasteiger charge is 2.26. The summed E-state index contributed by atoms with van der Waals surface area (Å²) >= 11 is 0. The molecular formula is C26H29N3O4. The van der Waals surface area contributed by atoms with Gasteiger partial charge in [-0.3, -0.25) is 4.98 Å². The summed E-state index contributed by atoms with van der Waals surface area (Å²) in [6.07, 6.45) is 9.08. The van der Waals surface area contributed by atoms with E-state index in [0.717, 1.165) is 92.4 Å². The van der Waals surface area contributed by atoms with Crippen LogP contribution in [0.2, 0.25) is 0 Å². The van der Waals surface area contributed by atoms with Crippen LogP contribution in [0.4, 0.5) is 5.69 Å². The summed E-state index contributed by atoms with van der Waals surface area (Å²) in [5.74, 6) is 3.28. The van der Waals surface area contributed by atoms with E-state index in [2.05, 4.69) is 39.1 Å². The minimum Gasteiger partial charge on any atom is -0.488 e. The topological polar surface area (TPSA) is 65.9 Å². The molecule has 7 nitrogen and oxygen atoms in total. The monoisotopic (exact) mass is 447 g/mol. The summed E-state index contributed by atoms with van der Waals surface area (Å²) in [6, 6.07) is 10.5. The largest absolute Gasteiger partial charge is 0.488 e. The molecule has 0 radical (unpaired) electrons. The van der Waals surface area contributed by atoms with Gasteiger partial charge in [0.1, 0.15) is 11.3 Å². The minimum absolute atomic E-state index is 0.201. The molecule has 0 spiro atoms. The van der Waals surface area contributed by atoms with Gasteiger partial charge in [0.05, 0.1) is 24.8 Å². The molecule has 3 aliphatic rings. The van der Waals surface area contributed by atoms with E-state index in [1.165, 1.54) is 5.56 Å². The zero-order valence-corrected chi connectivity index (χ0v) is 18.7. The molecule has 3 heterocycles. The number of hydrogen-bond donors (Lipinski definition) is 0. The average Bonchev–Trinajstić information content (AvgIpc) is 3.36. The fourth-order valence-corrected chi connectivity index (χ4v) is 5.22. The molecule has 7 heteroatoms. The molecule has 2 aromatic carbocycles. The number of morpholine rings is 1. The molecule has 0 N–H and O–H groups in total. The Labute approximate surface area is 193 Å². The van der Waals surface area contributed by atoms with Crippen LogP contribution in [0, 0.1) is 5.92 Å². The Kier molecular flexibility index (Phi) is 5.64. The van der Waals surface area contributed by atoms with Crippen molar-refractivity contribution in [3.05, 3.63) is 48.3 Å². The number of hydrogen-bond acceptors (Lipinski definition) is 7. The third-order valence-corrected chi connectivity index (χ3v) is 6.97. The SMILES string of the molecule is c1cc(CC2CCC(Oc3cc(N4CCOCC4)cc4nccnc34)CC2)c2c(c1)OCO2. The summed E-state index contributed by atoms with van der Waals surface area (Å²) in [4.78, 5) is 11.5. The molecule has 3 aromatic rings. The van der Waals surface area contributed by atoms with Crippen LogP contribution in [0.25, 0.3) is 11.0 Å². The van der Waals surface area contributed by atoms with Gasteiger partial charge in [-0.2, -0.15) is 0 Å². The van der Waals surface area contributed by atoms with Gasteiger partial charge in [-0.25, -0.2) is 4.98 Å². The van der Waals surface area contributed by atoms with Crippen LogP contribution in [0.1, 0.15) is 31.2 Å². The first-order valence-electron chi connectivity index (χ1n) is 11.9. The van der Waals surface area contributed by atoms with E-state index in [9.17, 15) is 0 Å². The number of fused-ring (bicyclic) bond motifs is 2. The molecule has 0 unspecified atom stereocenters. The van der Waals surface area contributed by atoms with Crippen molar-refractivity contribution in [1.29, 1.82) is 0 Å². The van der Waals surface area contributed by atoms with Crippen molar-refractivity contribution in [2.75, 3.05) is 38.0 Å². The smallest absolute Gasteiger partial charge is 0.231 e. The van der Waals surface area contributed by atoms with Crippen molar-refractivity contribution in [3.8, 4) is 17.2 Å². The van der Waals surface area contributed by atoms with Crippen LogP contribution in [-0.2, 0) is 11.2 Å². The van der Waals surface area contributed by atoms with Crippen LogP contribution in [-0.4, -0.2) is 49.2 Å². The lowest BCUT2D eigenvalue weighted by atomic mass is 9.83. The third-order valence-electron chi connectivity index (χ3n) is 6.97. The number of benzene rings is 2. The number of aromatic nitrogens is 2. The van der Waals surface area contributed by atoms with Crippen LogP contribution < -0.4 is 19.1 Å². The van der Waals surface area contributed by atoms with Crippen LogP contribution in [0.15, 0.2) is 42.7 Å². The molecule has 1 saturated carbocycles. The van der Waals surface area contributed by atoms with Crippen molar-refractivity contribution in [2.24, 2.45) is 5.92 Å². The number of para-hydroxylation sites is 1. The maximum Gasteiger partial charge on any atom is 0.231 e. The Morgan fingerprint density at radius 3 is 2.70 bits per heavy atom. The van der Waals surface area contributed by atoms with E-state index in [1.807, 2.05) is 6.07 Å². The maximum absolute atomic E-state index is 6.57. The van der Waals surface area contributed by atoms with Gasteiger partial charge in [0.25, 0.3) is 0 Å². The fraction of sp³-hybridized carbons (Fsp3) is 0.462. The molecule has 2 aliphatic heterocycles. The van der Waals surface area contributed by atoms with Crippen molar-refractivity contribution in [3.63, 3.8) is 0 Å². The molecule has 1 aromatic heterocycles. The maximum atomic E-state index is 6.57. The molecule has 1 saturated heterocycles. The summed E-state index contributed by atoms with van der Waals surface area (Å²) in [6.45, 7) is 3.59. The van der Waals surface area contributed by atoms with Gasteiger partial charge in [0.15, 0.2) is 11.5 Å². The fourth-order valence-electron chi connectivity index (χ4n) is 5.22. The van der Waals surface area contributed by atoms with E-state index in [4.69, 9.17) is 18.9 Å². The van der Waals surface area contributed by atoms with Crippen molar-refractivity contribution < 1.29 is 18.9 Å². The predicted molar refractivity (Wildman–Crippen MR) is 125 cm³/mol. The van der Waals surface area contributed by atoms with Crippen molar-refractivity contribution >= 4 is 16.7 Å². The molecule has 6 rings (SSSR count). The van der Waals surface area contributed by atoms with Gasteiger partial charge in [0, 0.05) is 37.2 Å². The second-order valence-electron chi connectivity index (χ2n) is 9.08. The Hall–Kier alpha value is -3.06. The number of rotatable bonds is 5. The van der Waals surface area contributed by atoms with Gasteiger partial charge < -0.3 is 23.8 Å². The first kappa shape index (κ1) is 20.5. The normalized spacial score (nSPS) is 22.5. The lowest BCUT2D eigenvalue weighted by Gasteiger charge is -2.31. The lowest BCUT2D eigenvalue weighted by molar-refractivity contribution is 0.122.